The Morgan fingerprint density at radius 3 is 2.80 bits per heavy atom. The summed E-state index contributed by atoms with van der Waals surface area (Å²) in [6.45, 7) is 0. The normalized spacial score (nSPS) is 10.3. The van der Waals surface area contributed by atoms with E-state index < -0.39 is 10.8 Å². The molecule has 0 unspecified atom stereocenters. The molecule has 0 saturated heterocycles. The highest BCUT2D eigenvalue weighted by atomic mass is 79.9. The molecule has 1 heterocycles. The molecule has 0 aliphatic rings. The van der Waals surface area contributed by atoms with E-state index in [4.69, 9.17) is 11.6 Å². The van der Waals surface area contributed by atoms with Crippen LogP contribution in [0.5, 0.6) is 0 Å². The van der Waals surface area contributed by atoms with Crippen LogP contribution in [0.4, 0.5) is 11.4 Å². The molecule has 1 aromatic heterocycles. The summed E-state index contributed by atoms with van der Waals surface area (Å²) in [6, 6.07) is 4.00. The lowest BCUT2D eigenvalue weighted by Gasteiger charge is -2.05. The Balaban J connectivity index is 2.33. The summed E-state index contributed by atoms with van der Waals surface area (Å²) in [6.07, 6.45) is 1.60. The minimum absolute atomic E-state index is 0.0574. The number of rotatable bonds is 3. The number of halogens is 2. The van der Waals surface area contributed by atoms with Crippen molar-refractivity contribution in [3.05, 3.63) is 49.7 Å². The smallest absolute Gasteiger partial charge is 0.294 e. The van der Waals surface area contributed by atoms with E-state index in [1.807, 2.05) is 0 Å². The number of carbonyl (C=O) groups excluding carboxylic acids is 1. The molecule has 0 aliphatic heterocycles. The second-order valence-electron chi connectivity index (χ2n) is 3.87. The standard InChI is InChI=1S/C11H8BrClN4O3/c1-16-5-7(12)10(15-16)11(18)14-8-3-2-6(13)4-9(8)17(19)20/h2-5H,1H3,(H,14,18). The minimum Gasteiger partial charge on any atom is -0.315 e. The number of aromatic nitrogens is 2. The molecule has 2 aromatic rings. The fourth-order valence-electron chi connectivity index (χ4n) is 1.56. The molecule has 2 rings (SSSR count). The highest BCUT2D eigenvalue weighted by Gasteiger charge is 2.20. The molecule has 7 nitrogen and oxygen atoms in total. The van der Waals surface area contributed by atoms with E-state index in [1.165, 1.54) is 22.9 Å². The third-order valence-electron chi connectivity index (χ3n) is 2.40. The maximum Gasteiger partial charge on any atom is 0.294 e. The number of hydrogen-bond donors (Lipinski definition) is 1. The number of nitro groups is 1. The Bertz CT molecular complexity index is 701. The summed E-state index contributed by atoms with van der Waals surface area (Å²) < 4.78 is 1.95. The fourth-order valence-corrected chi connectivity index (χ4v) is 2.28. The van der Waals surface area contributed by atoms with Crippen LogP contribution in [0.1, 0.15) is 10.5 Å². The molecular formula is C11H8BrClN4O3. The van der Waals surface area contributed by atoms with Crippen LogP contribution in [0.25, 0.3) is 0 Å². The molecule has 0 spiro atoms. The van der Waals surface area contributed by atoms with Crippen molar-refractivity contribution in [1.29, 1.82) is 0 Å². The molecule has 0 atom stereocenters. The Morgan fingerprint density at radius 2 is 2.25 bits per heavy atom. The van der Waals surface area contributed by atoms with Gasteiger partial charge in [-0.3, -0.25) is 19.6 Å². The average Bonchev–Trinajstić information content (AvgIpc) is 2.70. The van der Waals surface area contributed by atoms with Crippen LogP contribution < -0.4 is 5.32 Å². The second kappa shape index (κ2) is 5.59. The molecule has 0 saturated carbocycles. The van der Waals surface area contributed by atoms with Crippen LogP contribution in [-0.2, 0) is 7.05 Å². The molecule has 0 fully saturated rings. The lowest BCUT2D eigenvalue weighted by atomic mass is 10.2. The molecule has 9 heteroatoms. The minimum atomic E-state index is -0.616. The first-order chi connectivity index (χ1) is 9.38. The number of anilines is 1. The molecule has 0 bridgehead atoms. The van der Waals surface area contributed by atoms with E-state index in [0.717, 1.165) is 0 Å². The van der Waals surface area contributed by atoms with Crippen molar-refractivity contribution in [3.8, 4) is 0 Å². The Kier molecular flexibility index (Phi) is 4.05. The van der Waals surface area contributed by atoms with E-state index in [0.29, 0.717) is 4.47 Å². The summed E-state index contributed by atoms with van der Waals surface area (Å²) >= 11 is 8.89. The highest BCUT2D eigenvalue weighted by Crippen LogP contribution is 2.28. The van der Waals surface area contributed by atoms with E-state index in [2.05, 4.69) is 26.3 Å². The van der Waals surface area contributed by atoms with Crippen LogP contribution in [0.15, 0.2) is 28.9 Å². The number of amides is 1. The van der Waals surface area contributed by atoms with Crippen molar-refractivity contribution in [3.63, 3.8) is 0 Å². The molecular weight excluding hydrogens is 352 g/mol. The average molecular weight is 360 g/mol. The molecule has 0 aliphatic carbocycles. The van der Waals surface area contributed by atoms with Crippen molar-refractivity contribution in [2.24, 2.45) is 7.05 Å². The van der Waals surface area contributed by atoms with E-state index in [1.54, 1.807) is 13.2 Å². The summed E-state index contributed by atoms with van der Waals surface area (Å²) in [5, 5.41) is 17.6. The van der Waals surface area contributed by atoms with Gasteiger partial charge in [-0.2, -0.15) is 5.10 Å². The number of nitro benzene ring substituents is 1. The van der Waals surface area contributed by atoms with Crippen molar-refractivity contribution in [2.45, 2.75) is 0 Å². The summed E-state index contributed by atoms with van der Waals surface area (Å²) in [5.74, 6) is -0.553. The predicted octanol–water partition coefficient (Wildman–Crippen LogP) is 3.00. The monoisotopic (exact) mass is 358 g/mol. The van der Waals surface area contributed by atoms with Gasteiger partial charge in [-0.15, -0.1) is 0 Å². The Morgan fingerprint density at radius 1 is 1.55 bits per heavy atom. The van der Waals surface area contributed by atoms with Crippen LogP contribution in [-0.4, -0.2) is 20.6 Å². The summed E-state index contributed by atoms with van der Waals surface area (Å²) in [4.78, 5) is 22.3. The predicted molar refractivity (Wildman–Crippen MR) is 77.0 cm³/mol. The molecule has 1 amide bonds. The second-order valence-corrected chi connectivity index (χ2v) is 5.16. The number of hydrogen-bond acceptors (Lipinski definition) is 4. The maximum atomic E-state index is 12.0. The lowest BCUT2D eigenvalue weighted by molar-refractivity contribution is -0.383. The van der Waals surface area contributed by atoms with Gasteiger partial charge in [0.05, 0.1) is 9.40 Å². The van der Waals surface area contributed by atoms with Gasteiger partial charge in [0.2, 0.25) is 0 Å². The van der Waals surface area contributed by atoms with Gasteiger partial charge >= 0.3 is 0 Å². The van der Waals surface area contributed by atoms with Gasteiger partial charge in [-0.25, -0.2) is 0 Å². The molecule has 20 heavy (non-hydrogen) atoms. The van der Waals surface area contributed by atoms with Crippen molar-refractivity contribution in [2.75, 3.05) is 5.32 Å². The first-order valence-corrected chi connectivity index (χ1v) is 6.50. The zero-order chi connectivity index (χ0) is 14.9. The number of carbonyl (C=O) groups is 1. The van der Waals surface area contributed by atoms with Gasteiger partial charge < -0.3 is 5.32 Å². The van der Waals surface area contributed by atoms with Crippen LogP contribution in [0, 0.1) is 10.1 Å². The van der Waals surface area contributed by atoms with Crippen molar-refractivity contribution >= 4 is 44.8 Å². The topological polar surface area (TPSA) is 90.1 Å². The van der Waals surface area contributed by atoms with Crippen LogP contribution >= 0.6 is 27.5 Å². The van der Waals surface area contributed by atoms with E-state index in [-0.39, 0.29) is 22.1 Å². The zero-order valence-corrected chi connectivity index (χ0v) is 12.5. The highest BCUT2D eigenvalue weighted by molar-refractivity contribution is 9.10. The number of nitrogens with zero attached hydrogens (tertiary/aromatic N) is 3. The number of nitrogens with one attached hydrogen (secondary N) is 1. The Hall–Kier alpha value is -1.93. The number of benzene rings is 1. The molecule has 0 radical (unpaired) electrons. The zero-order valence-electron chi connectivity index (χ0n) is 10.1. The quantitative estimate of drug-likeness (QED) is 0.674. The van der Waals surface area contributed by atoms with E-state index >= 15 is 0 Å². The van der Waals surface area contributed by atoms with Crippen molar-refractivity contribution in [1.82, 2.24) is 9.78 Å². The summed E-state index contributed by atoms with van der Waals surface area (Å²) in [7, 11) is 1.66. The van der Waals surface area contributed by atoms with Gasteiger partial charge in [0.1, 0.15) is 5.69 Å². The van der Waals surface area contributed by atoms with Gasteiger partial charge in [0.25, 0.3) is 11.6 Å². The first-order valence-electron chi connectivity index (χ1n) is 5.33. The summed E-state index contributed by atoms with van der Waals surface area (Å²) in [5.41, 5.74) is -0.0865. The Labute approximate surface area is 126 Å². The molecule has 104 valence electrons. The SMILES string of the molecule is Cn1cc(Br)c(C(=O)Nc2ccc(Cl)cc2[N+](=O)[O-])n1. The third-order valence-corrected chi connectivity index (χ3v) is 3.22. The molecule has 1 N–H and O–H groups in total. The van der Waals surface area contributed by atoms with Gasteiger partial charge in [0, 0.05) is 24.3 Å². The van der Waals surface area contributed by atoms with Crippen molar-refractivity contribution < 1.29 is 9.72 Å². The third kappa shape index (κ3) is 2.97. The van der Waals surface area contributed by atoms with Gasteiger partial charge in [-0.05, 0) is 28.1 Å². The molecule has 1 aromatic carbocycles. The fraction of sp³-hybridized carbons (Fsp3) is 0.0909. The van der Waals surface area contributed by atoms with Crippen LogP contribution in [0.2, 0.25) is 5.02 Å². The first kappa shape index (κ1) is 14.5. The largest absolute Gasteiger partial charge is 0.315 e. The lowest BCUT2D eigenvalue weighted by Crippen LogP contribution is -2.14. The van der Waals surface area contributed by atoms with Crippen LogP contribution in [0.3, 0.4) is 0 Å². The van der Waals surface area contributed by atoms with E-state index in [9.17, 15) is 14.9 Å². The van der Waals surface area contributed by atoms with Gasteiger partial charge in [-0.1, -0.05) is 11.6 Å². The van der Waals surface area contributed by atoms with Gasteiger partial charge in [0.15, 0.2) is 5.69 Å². The maximum absolute atomic E-state index is 12.0. The number of aryl methyl sites for hydroxylation is 1.